The predicted octanol–water partition coefficient (Wildman–Crippen LogP) is 3.73. The number of para-hydroxylation sites is 2. The average molecular weight is 383 g/mol. The number of nitrogens with zero attached hydrogens (tertiary/aromatic N) is 2. The number of Topliss-reactive ketones (excluding diaryl/α,β-unsaturated/α-hetero) is 1. The fourth-order valence-corrected chi connectivity index (χ4v) is 3.34. The van der Waals surface area contributed by atoms with E-state index in [-0.39, 0.29) is 39.6 Å². The Balaban J connectivity index is 2.15. The van der Waals surface area contributed by atoms with Gasteiger partial charge in [-0.3, -0.25) is 30.3 Å². The first-order valence-electron chi connectivity index (χ1n) is 8.42. The monoisotopic (exact) mass is 383 g/mol. The van der Waals surface area contributed by atoms with Gasteiger partial charge in [-0.1, -0.05) is 30.3 Å². The average Bonchev–Trinajstić information content (AvgIpc) is 2.66. The van der Waals surface area contributed by atoms with Gasteiger partial charge in [0.1, 0.15) is 5.76 Å². The molecule has 2 unspecified atom stereocenters. The molecule has 0 fully saturated rings. The van der Waals surface area contributed by atoms with Crippen molar-refractivity contribution in [3.05, 3.63) is 91.2 Å². The lowest BCUT2D eigenvalue weighted by Gasteiger charge is -2.34. The van der Waals surface area contributed by atoms with Gasteiger partial charge in [-0.15, -0.1) is 0 Å². The van der Waals surface area contributed by atoms with Gasteiger partial charge in [0.25, 0.3) is 11.4 Å². The number of nitro benzene ring substituents is 2. The number of nitro groups is 2. The van der Waals surface area contributed by atoms with Crippen molar-refractivity contribution in [2.75, 3.05) is 0 Å². The largest absolute Gasteiger partial charge is 0.475 e. The molecule has 2 aromatic carbocycles. The molecule has 1 N–H and O–H groups in total. The minimum absolute atomic E-state index is 0.152. The van der Waals surface area contributed by atoms with Crippen LogP contribution in [0.5, 0.6) is 0 Å². The lowest BCUT2D eigenvalue weighted by molar-refractivity contribution is -0.386. The van der Waals surface area contributed by atoms with Crippen LogP contribution in [0.4, 0.5) is 11.4 Å². The maximum absolute atomic E-state index is 12.2. The van der Waals surface area contributed by atoms with Crippen molar-refractivity contribution >= 4 is 17.2 Å². The smallest absolute Gasteiger partial charge is 0.277 e. The fraction of sp³-hybridized carbons (Fsp3) is 0.211. The highest BCUT2D eigenvalue weighted by Crippen LogP contribution is 2.40. The van der Waals surface area contributed by atoms with E-state index in [9.17, 15) is 25.0 Å². The second kappa shape index (κ2) is 7.57. The van der Waals surface area contributed by atoms with Crippen molar-refractivity contribution in [3.8, 4) is 0 Å². The van der Waals surface area contributed by atoms with Crippen molar-refractivity contribution in [3.63, 3.8) is 0 Å². The molecule has 0 spiro atoms. The standard InChI is InChI=1S/C19H17N3O6/c1-11(23)17-12(2)28-19(14-8-4-6-10-16(14)22(26)27)20-18(17)13-7-3-5-9-15(13)21(24)25/h3-10,18-20H,1-2H3. The molecular formula is C19H17N3O6. The predicted molar refractivity (Wildman–Crippen MR) is 99.3 cm³/mol. The number of carbonyl (C=O) groups excluding carboxylic acids is 1. The molecule has 144 valence electrons. The molecule has 0 saturated heterocycles. The summed E-state index contributed by atoms with van der Waals surface area (Å²) in [7, 11) is 0. The van der Waals surface area contributed by atoms with E-state index in [1.54, 1.807) is 25.1 Å². The van der Waals surface area contributed by atoms with Crippen molar-refractivity contribution in [1.29, 1.82) is 0 Å². The third kappa shape index (κ3) is 3.47. The Labute approximate surface area is 159 Å². The number of ketones is 1. The summed E-state index contributed by atoms with van der Waals surface area (Å²) in [6.45, 7) is 2.91. The van der Waals surface area contributed by atoms with Gasteiger partial charge in [-0.05, 0) is 19.9 Å². The topological polar surface area (TPSA) is 125 Å². The molecule has 9 heteroatoms. The quantitative estimate of drug-likeness (QED) is 0.616. The van der Waals surface area contributed by atoms with E-state index in [0.717, 1.165) is 0 Å². The summed E-state index contributed by atoms with van der Waals surface area (Å²) < 4.78 is 5.76. The van der Waals surface area contributed by atoms with Crippen molar-refractivity contribution in [2.24, 2.45) is 0 Å². The zero-order valence-electron chi connectivity index (χ0n) is 15.1. The maximum Gasteiger partial charge on any atom is 0.277 e. The van der Waals surface area contributed by atoms with Gasteiger partial charge in [0, 0.05) is 12.1 Å². The van der Waals surface area contributed by atoms with Gasteiger partial charge in [0.15, 0.2) is 12.0 Å². The number of rotatable bonds is 5. The number of ether oxygens (including phenoxy) is 1. The minimum Gasteiger partial charge on any atom is -0.475 e. The van der Waals surface area contributed by atoms with Crippen LogP contribution in [0.1, 0.15) is 37.2 Å². The molecule has 1 aliphatic heterocycles. The van der Waals surface area contributed by atoms with Crippen LogP contribution < -0.4 is 5.32 Å². The number of carbonyl (C=O) groups is 1. The van der Waals surface area contributed by atoms with Crippen LogP contribution in [-0.4, -0.2) is 15.6 Å². The summed E-state index contributed by atoms with van der Waals surface area (Å²) >= 11 is 0. The van der Waals surface area contributed by atoms with E-state index < -0.39 is 22.1 Å². The van der Waals surface area contributed by atoms with E-state index in [2.05, 4.69) is 5.32 Å². The molecule has 0 saturated carbocycles. The van der Waals surface area contributed by atoms with Gasteiger partial charge in [0.05, 0.1) is 32.6 Å². The van der Waals surface area contributed by atoms with Crippen LogP contribution in [0, 0.1) is 20.2 Å². The van der Waals surface area contributed by atoms with E-state index in [4.69, 9.17) is 4.74 Å². The number of hydrogen-bond acceptors (Lipinski definition) is 7. The number of nitrogens with one attached hydrogen (secondary N) is 1. The summed E-state index contributed by atoms with van der Waals surface area (Å²) in [6, 6.07) is 11.3. The maximum atomic E-state index is 12.2. The summed E-state index contributed by atoms with van der Waals surface area (Å²) in [6.07, 6.45) is -0.950. The normalized spacial score (nSPS) is 19.1. The third-order valence-corrected chi connectivity index (χ3v) is 4.52. The van der Waals surface area contributed by atoms with Gasteiger partial charge in [0.2, 0.25) is 0 Å². The van der Waals surface area contributed by atoms with E-state index >= 15 is 0 Å². The zero-order valence-corrected chi connectivity index (χ0v) is 15.1. The Bertz CT molecular complexity index is 1000. The molecule has 28 heavy (non-hydrogen) atoms. The number of benzene rings is 2. The highest BCUT2D eigenvalue weighted by molar-refractivity contribution is 5.95. The van der Waals surface area contributed by atoms with E-state index in [1.807, 2.05) is 0 Å². The molecule has 0 bridgehead atoms. The highest BCUT2D eigenvalue weighted by atomic mass is 16.6. The Kier molecular flexibility index (Phi) is 5.18. The Morgan fingerprint density at radius 3 is 2.00 bits per heavy atom. The molecule has 2 aromatic rings. The SMILES string of the molecule is CC(=O)C1=C(C)OC(c2ccccc2[N+](=O)[O-])NC1c1ccccc1[N+](=O)[O-]. The van der Waals surface area contributed by atoms with Crippen LogP contribution in [0.2, 0.25) is 0 Å². The molecule has 1 heterocycles. The van der Waals surface area contributed by atoms with Crippen LogP contribution in [-0.2, 0) is 9.53 Å². The van der Waals surface area contributed by atoms with Crippen LogP contribution in [0.3, 0.4) is 0 Å². The van der Waals surface area contributed by atoms with Gasteiger partial charge in [-0.25, -0.2) is 0 Å². The van der Waals surface area contributed by atoms with Gasteiger partial charge in [-0.2, -0.15) is 0 Å². The van der Waals surface area contributed by atoms with Crippen LogP contribution >= 0.6 is 0 Å². The van der Waals surface area contributed by atoms with Crippen molar-refractivity contribution in [2.45, 2.75) is 26.1 Å². The first-order valence-corrected chi connectivity index (χ1v) is 8.42. The van der Waals surface area contributed by atoms with E-state index in [0.29, 0.717) is 0 Å². The second-order valence-electron chi connectivity index (χ2n) is 6.26. The molecule has 3 rings (SSSR count). The lowest BCUT2D eigenvalue weighted by atomic mass is 9.92. The first kappa shape index (κ1) is 19.2. The molecule has 1 aliphatic rings. The minimum atomic E-state index is -0.950. The Hall–Kier alpha value is -3.59. The Morgan fingerprint density at radius 2 is 1.46 bits per heavy atom. The lowest BCUT2D eigenvalue weighted by Crippen LogP contribution is -2.36. The van der Waals surface area contributed by atoms with Crippen molar-refractivity contribution in [1.82, 2.24) is 5.32 Å². The molecular weight excluding hydrogens is 366 g/mol. The third-order valence-electron chi connectivity index (χ3n) is 4.52. The van der Waals surface area contributed by atoms with Crippen LogP contribution in [0.25, 0.3) is 0 Å². The number of allylic oxidation sites excluding steroid dienone is 1. The molecule has 9 nitrogen and oxygen atoms in total. The van der Waals surface area contributed by atoms with Crippen LogP contribution in [0.15, 0.2) is 59.9 Å². The zero-order chi connectivity index (χ0) is 20.4. The summed E-state index contributed by atoms with van der Waals surface area (Å²) in [5.74, 6) is -0.0493. The number of hydrogen-bond donors (Lipinski definition) is 1. The summed E-state index contributed by atoms with van der Waals surface area (Å²) in [5, 5.41) is 25.9. The molecule has 0 radical (unpaired) electrons. The molecule has 2 atom stereocenters. The summed E-state index contributed by atoms with van der Waals surface area (Å²) in [5.41, 5.74) is 0.473. The fourth-order valence-electron chi connectivity index (χ4n) is 3.34. The first-order chi connectivity index (χ1) is 13.3. The van der Waals surface area contributed by atoms with Gasteiger partial charge >= 0.3 is 0 Å². The van der Waals surface area contributed by atoms with Crippen molar-refractivity contribution < 1.29 is 19.4 Å². The molecule has 0 aliphatic carbocycles. The second-order valence-corrected chi connectivity index (χ2v) is 6.26. The molecule has 0 amide bonds. The highest BCUT2D eigenvalue weighted by Gasteiger charge is 2.37. The van der Waals surface area contributed by atoms with E-state index in [1.165, 1.54) is 37.3 Å². The van der Waals surface area contributed by atoms with Gasteiger partial charge < -0.3 is 4.74 Å². The Morgan fingerprint density at radius 1 is 0.964 bits per heavy atom. The molecule has 0 aromatic heterocycles. The summed E-state index contributed by atoms with van der Waals surface area (Å²) in [4.78, 5) is 34.0.